The molecule has 3 aliphatic heterocycles. The molecule has 0 aliphatic carbocycles. The zero-order valence-corrected chi connectivity index (χ0v) is 21.0. The molecule has 5 rings (SSSR count). The van der Waals surface area contributed by atoms with Crippen molar-refractivity contribution in [3.8, 4) is 0 Å². The number of aliphatic hydroxyl groups excluding tert-OH is 1. The summed E-state index contributed by atoms with van der Waals surface area (Å²) in [4.78, 5) is 44.0. The molecule has 0 radical (unpaired) electrons. The number of carboxylic acid groups (broad SMARTS) is 1. The van der Waals surface area contributed by atoms with Crippen LogP contribution in [0.2, 0.25) is 0 Å². The van der Waals surface area contributed by atoms with Crippen molar-refractivity contribution in [3.63, 3.8) is 0 Å². The molecule has 0 aromatic heterocycles. The maximum Gasteiger partial charge on any atom is 0.310 e. The van der Waals surface area contributed by atoms with Gasteiger partial charge in [-0.25, -0.2) is 0 Å². The van der Waals surface area contributed by atoms with Crippen LogP contribution in [0.15, 0.2) is 61.2 Å². The van der Waals surface area contributed by atoms with Gasteiger partial charge in [0.2, 0.25) is 5.91 Å². The fourth-order valence-electron chi connectivity index (χ4n) is 6.61. The van der Waals surface area contributed by atoms with E-state index in [2.05, 4.69) is 6.58 Å². The minimum absolute atomic E-state index is 0.198. The van der Waals surface area contributed by atoms with Crippen LogP contribution in [-0.4, -0.2) is 63.8 Å². The highest BCUT2D eigenvalue weighted by Gasteiger charge is 2.75. The molecule has 8 nitrogen and oxygen atoms in total. The Kier molecular flexibility index (Phi) is 6.41. The number of carboxylic acids is 1. The maximum absolute atomic E-state index is 14.6. The minimum Gasteiger partial charge on any atom is -0.481 e. The lowest BCUT2D eigenvalue weighted by molar-refractivity contribution is -0.151. The Hall–Kier alpha value is -3.49. The fourth-order valence-corrected chi connectivity index (χ4v) is 6.61. The second-order valence-corrected chi connectivity index (χ2v) is 10.3. The van der Waals surface area contributed by atoms with Gasteiger partial charge in [-0.05, 0) is 49.4 Å². The van der Waals surface area contributed by atoms with Crippen molar-refractivity contribution in [2.24, 2.45) is 11.8 Å². The lowest BCUT2D eigenvalue weighted by atomic mass is 9.70. The zero-order chi connectivity index (χ0) is 26.5. The molecule has 8 heteroatoms. The number of aliphatic carboxylic acids is 1. The molecule has 0 saturated carbocycles. The molecule has 3 aliphatic rings. The molecular weight excluding hydrogens is 472 g/mol. The topological polar surface area (TPSA) is 107 Å². The molecule has 2 aromatic rings. The second-order valence-electron chi connectivity index (χ2n) is 10.3. The highest BCUT2D eigenvalue weighted by atomic mass is 16.5. The molecule has 6 atom stereocenters. The van der Waals surface area contributed by atoms with Gasteiger partial charge >= 0.3 is 5.97 Å². The Morgan fingerprint density at radius 3 is 2.62 bits per heavy atom. The van der Waals surface area contributed by atoms with Crippen LogP contribution in [0.3, 0.4) is 0 Å². The van der Waals surface area contributed by atoms with E-state index in [0.29, 0.717) is 24.1 Å². The fraction of sp³-hybridized carbons (Fsp3) is 0.414. The van der Waals surface area contributed by atoms with Crippen LogP contribution >= 0.6 is 0 Å². The van der Waals surface area contributed by atoms with Gasteiger partial charge in [0.15, 0.2) is 0 Å². The van der Waals surface area contributed by atoms with Crippen molar-refractivity contribution in [3.05, 3.63) is 77.9 Å². The van der Waals surface area contributed by atoms with E-state index in [-0.39, 0.29) is 12.5 Å². The molecule has 2 amide bonds. The molecular formula is C29H32N2O6. The van der Waals surface area contributed by atoms with Gasteiger partial charge in [-0.1, -0.05) is 48.5 Å². The summed E-state index contributed by atoms with van der Waals surface area (Å²) < 4.78 is 6.34. The Labute approximate surface area is 216 Å². The first kappa shape index (κ1) is 25.2. The number of aliphatic hydroxyl groups is 1. The number of amides is 2. The maximum atomic E-state index is 14.6. The monoisotopic (exact) mass is 504 g/mol. The van der Waals surface area contributed by atoms with E-state index in [0.717, 1.165) is 11.1 Å². The Morgan fingerprint density at radius 2 is 1.97 bits per heavy atom. The molecule has 37 heavy (non-hydrogen) atoms. The average molecular weight is 505 g/mol. The van der Waals surface area contributed by atoms with Crippen LogP contribution in [0.1, 0.15) is 35.6 Å². The number of hydrogen-bond donors (Lipinski definition) is 2. The standard InChI is InChI=1S/C29H32N2O6/c1-4-14-30(20-15-17(2)10-11-18(20)3)27(34)25-29-13-12-22(37-29)23(28(35)36)24(29)26(33)31(25)21(16-32)19-8-6-5-7-9-19/h4-11,15,21-25,32H,1,12-14,16H2,2-3H3,(H,35,36)/t21-,22-,23+,24+,25?,29?/m1/s1. The van der Waals surface area contributed by atoms with Crippen LogP contribution in [0.25, 0.3) is 0 Å². The van der Waals surface area contributed by atoms with Crippen molar-refractivity contribution in [1.29, 1.82) is 0 Å². The number of anilines is 1. The number of likely N-dealkylation sites (tertiary alicyclic amines) is 1. The van der Waals surface area contributed by atoms with Crippen LogP contribution in [-0.2, 0) is 19.1 Å². The van der Waals surface area contributed by atoms with Crippen molar-refractivity contribution in [2.75, 3.05) is 18.1 Å². The average Bonchev–Trinajstić information content (AvgIpc) is 3.53. The number of benzene rings is 2. The smallest absolute Gasteiger partial charge is 0.310 e. The number of nitrogens with zero attached hydrogens (tertiary/aromatic N) is 2. The predicted molar refractivity (Wildman–Crippen MR) is 137 cm³/mol. The number of fused-ring (bicyclic) bond motifs is 1. The molecule has 194 valence electrons. The van der Waals surface area contributed by atoms with E-state index >= 15 is 0 Å². The van der Waals surface area contributed by atoms with E-state index in [1.807, 2.05) is 38.1 Å². The third-order valence-corrected chi connectivity index (χ3v) is 8.18. The SMILES string of the molecule is C=CCN(C(=O)C1N([C@H](CO)c2ccccc2)C(=O)[C@@H]2[C@@H](C(=O)O)[C@H]3CCC12O3)c1cc(C)ccc1C. The summed E-state index contributed by atoms with van der Waals surface area (Å²) in [6, 6.07) is 12.9. The number of aryl methyl sites for hydroxylation is 2. The summed E-state index contributed by atoms with van der Waals surface area (Å²) in [7, 11) is 0. The summed E-state index contributed by atoms with van der Waals surface area (Å²) in [5, 5.41) is 20.6. The van der Waals surface area contributed by atoms with Crippen LogP contribution in [0.5, 0.6) is 0 Å². The molecule has 1 spiro atoms. The van der Waals surface area contributed by atoms with Gasteiger partial charge < -0.3 is 24.7 Å². The highest BCUT2D eigenvalue weighted by Crippen LogP contribution is 2.60. The Balaban J connectivity index is 1.67. The lowest BCUT2D eigenvalue weighted by Gasteiger charge is -2.39. The first-order chi connectivity index (χ1) is 17.7. The summed E-state index contributed by atoms with van der Waals surface area (Å²) >= 11 is 0. The second kappa shape index (κ2) is 9.43. The summed E-state index contributed by atoms with van der Waals surface area (Å²) in [5.74, 6) is -3.97. The van der Waals surface area contributed by atoms with E-state index in [1.165, 1.54) is 4.90 Å². The zero-order valence-electron chi connectivity index (χ0n) is 21.0. The number of hydrogen-bond acceptors (Lipinski definition) is 5. The first-order valence-electron chi connectivity index (χ1n) is 12.6. The number of ether oxygens (including phenoxy) is 1. The third-order valence-electron chi connectivity index (χ3n) is 8.18. The molecule has 3 fully saturated rings. The number of rotatable bonds is 8. The van der Waals surface area contributed by atoms with Gasteiger partial charge in [-0.3, -0.25) is 14.4 Å². The van der Waals surface area contributed by atoms with Gasteiger partial charge in [-0.2, -0.15) is 0 Å². The van der Waals surface area contributed by atoms with Gasteiger partial charge in [0.05, 0.1) is 30.6 Å². The van der Waals surface area contributed by atoms with Crippen molar-refractivity contribution >= 4 is 23.5 Å². The summed E-state index contributed by atoms with van der Waals surface area (Å²) in [6.45, 7) is 7.47. The van der Waals surface area contributed by atoms with E-state index in [1.54, 1.807) is 35.2 Å². The molecule has 3 heterocycles. The molecule has 3 saturated heterocycles. The van der Waals surface area contributed by atoms with Gasteiger partial charge in [0, 0.05) is 12.2 Å². The largest absolute Gasteiger partial charge is 0.481 e. The van der Waals surface area contributed by atoms with Crippen molar-refractivity contribution < 1.29 is 29.3 Å². The Bertz CT molecular complexity index is 1250. The normalized spacial score (nSPS) is 28.7. The molecule has 2 unspecified atom stereocenters. The van der Waals surface area contributed by atoms with Crippen LogP contribution in [0.4, 0.5) is 5.69 Å². The van der Waals surface area contributed by atoms with Crippen LogP contribution < -0.4 is 4.90 Å². The third kappa shape index (κ3) is 3.78. The van der Waals surface area contributed by atoms with Gasteiger partial charge in [-0.15, -0.1) is 6.58 Å². The van der Waals surface area contributed by atoms with Crippen molar-refractivity contribution in [1.82, 2.24) is 4.90 Å². The minimum atomic E-state index is -1.28. The quantitative estimate of drug-likeness (QED) is 0.535. The van der Waals surface area contributed by atoms with E-state index in [9.17, 15) is 24.6 Å². The van der Waals surface area contributed by atoms with Gasteiger partial charge in [0.25, 0.3) is 5.91 Å². The molecule has 2 aromatic carbocycles. The lowest BCUT2D eigenvalue weighted by Crippen LogP contribution is -2.57. The van der Waals surface area contributed by atoms with Gasteiger partial charge in [0.1, 0.15) is 11.6 Å². The number of carbonyl (C=O) groups is 3. The first-order valence-corrected chi connectivity index (χ1v) is 12.6. The van der Waals surface area contributed by atoms with Crippen molar-refractivity contribution in [2.45, 2.75) is 50.5 Å². The Morgan fingerprint density at radius 1 is 1.24 bits per heavy atom. The summed E-state index contributed by atoms with van der Waals surface area (Å²) in [5.41, 5.74) is 1.93. The summed E-state index contributed by atoms with van der Waals surface area (Å²) in [6.07, 6.45) is 1.86. The van der Waals surface area contributed by atoms with E-state index in [4.69, 9.17) is 4.74 Å². The molecule has 2 N–H and O–H groups in total. The van der Waals surface area contributed by atoms with E-state index < -0.39 is 54.1 Å². The number of carbonyl (C=O) groups excluding carboxylic acids is 2. The highest BCUT2D eigenvalue weighted by molar-refractivity contribution is 6.05. The molecule has 2 bridgehead atoms. The predicted octanol–water partition coefficient (Wildman–Crippen LogP) is 3.02. The van der Waals surface area contributed by atoms with Crippen LogP contribution in [0, 0.1) is 25.7 Å².